The summed E-state index contributed by atoms with van der Waals surface area (Å²) in [5.41, 5.74) is 3.84. The van der Waals surface area contributed by atoms with Crippen molar-refractivity contribution >= 4 is 34.1 Å². The average molecular weight is 385 g/mol. The molecule has 0 unspecified atom stereocenters. The van der Waals surface area contributed by atoms with E-state index >= 15 is 0 Å². The Morgan fingerprint density at radius 1 is 0.964 bits per heavy atom. The molecule has 1 aromatic heterocycles. The molecule has 5 heteroatoms. The summed E-state index contributed by atoms with van der Waals surface area (Å²) in [6.45, 7) is 2.02. The number of hydrogen-bond donors (Lipinski definition) is 1. The molecule has 1 heterocycles. The number of carbonyl (C=O) groups is 1. The summed E-state index contributed by atoms with van der Waals surface area (Å²) in [6, 6.07) is 24.1. The van der Waals surface area contributed by atoms with Crippen molar-refractivity contribution in [2.75, 3.05) is 11.1 Å². The molecule has 4 nitrogen and oxygen atoms in total. The van der Waals surface area contributed by atoms with E-state index in [9.17, 15) is 4.79 Å². The van der Waals surface area contributed by atoms with Gasteiger partial charge in [-0.05, 0) is 42.0 Å². The van der Waals surface area contributed by atoms with Crippen LogP contribution in [0.15, 0.2) is 84.1 Å². The van der Waals surface area contributed by atoms with Crippen LogP contribution >= 0.6 is 11.8 Å². The smallest absolute Gasteiger partial charge is 0.234 e. The Bertz CT molecular complexity index is 1130. The fourth-order valence-corrected chi connectivity index (χ4v) is 3.51. The number of hydrogen-bond acceptors (Lipinski definition) is 4. The SMILES string of the molecule is Cc1ccc(NC(=O)CSc2nccc(-c3ccc4ccccc4c3)n2)cc1. The lowest BCUT2D eigenvalue weighted by molar-refractivity contribution is -0.113. The minimum absolute atomic E-state index is 0.0754. The third-order valence-corrected chi connectivity index (χ3v) is 5.21. The number of carbonyl (C=O) groups excluding carboxylic acids is 1. The topological polar surface area (TPSA) is 54.9 Å². The summed E-state index contributed by atoms with van der Waals surface area (Å²) in [4.78, 5) is 21.1. The number of aromatic nitrogens is 2. The number of nitrogens with zero attached hydrogens (tertiary/aromatic N) is 2. The van der Waals surface area contributed by atoms with Gasteiger partial charge in [0.2, 0.25) is 5.91 Å². The van der Waals surface area contributed by atoms with E-state index in [4.69, 9.17) is 0 Å². The first-order valence-electron chi connectivity index (χ1n) is 8.99. The molecule has 4 rings (SSSR count). The highest BCUT2D eigenvalue weighted by atomic mass is 32.2. The van der Waals surface area contributed by atoms with Gasteiger partial charge >= 0.3 is 0 Å². The van der Waals surface area contributed by atoms with Gasteiger partial charge in [0.25, 0.3) is 0 Å². The second kappa shape index (κ2) is 8.23. The van der Waals surface area contributed by atoms with Crippen LogP contribution in [0, 0.1) is 6.92 Å². The Balaban J connectivity index is 1.44. The van der Waals surface area contributed by atoms with Gasteiger partial charge < -0.3 is 5.32 Å². The van der Waals surface area contributed by atoms with E-state index in [0.29, 0.717) is 5.16 Å². The third kappa shape index (κ3) is 4.38. The molecule has 0 radical (unpaired) electrons. The molecule has 0 saturated carbocycles. The van der Waals surface area contributed by atoms with Crippen LogP contribution in [0.25, 0.3) is 22.0 Å². The van der Waals surface area contributed by atoms with Gasteiger partial charge in [-0.3, -0.25) is 4.79 Å². The maximum Gasteiger partial charge on any atom is 0.234 e. The van der Waals surface area contributed by atoms with Gasteiger partial charge in [0.1, 0.15) is 0 Å². The number of anilines is 1. The molecule has 0 spiro atoms. The van der Waals surface area contributed by atoms with Crippen molar-refractivity contribution in [2.24, 2.45) is 0 Å². The van der Waals surface area contributed by atoms with Gasteiger partial charge in [0.15, 0.2) is 5.16 Å². The Hall–Kier alpha value is -3.18. The van der Waals surface area contributed by atoms with Crippen LogP contribution in [-0.4, -0.2) is 21.6 Å². The van der Waals surface area contributed by atoms with Crippen LogP contribution in [0.2, 0.25) is 0 Å². The zero-order chi connectivity index (χ0) is 19.3. The van der Waals surface area contributed by atoms with Crippen molar-refractivity contribution in [3.8, 4) is 11.3 Å². The fourth-order valence-electron chi connectivity index (χ4n) is 2.88. The summed E-state index contributed by atoms with van der Waals surface area (Å²) in [6.07, 6.45) is 1.73. The zero-order valence-electron chi connectivity index (χ0n) is 15.4. The molecule has 4 aromatic rings. The number of benzene rings is 3. The molecule has 0 aliphatic rings. The van der Waals surface area contributed by atoms with Crippen molar-refractivity contribution in [1.82, 2.24) is 9.97 Å². The van der Waals surface area contributed by atoms with E-state index in [1.54, 1.807) is 6.20 Å². The van der Waals surface area contributed by atoms with Gasteiger partial charge in [0, 0.05) is 17.4 Å². The predicted octanol–water partition coefficient (Wildman–Crippen LogP) is 5.34. The first kappa shape index (κ1) is 18.2. The molecule has 28 heavy (non-hydrogen) atoms. The Kier molecular flexibility index (Phi) is 5.35. The summed E-state index contributed by atoms with van der Waals surface area (Å²) >= 11 is 1.33. The van der Waals surface area contributed by atoms with Gasteiger partial charge in [0.05, 0.1) is 11.4 Å². The third-order valence-electron chi connectivity index (χ3n) is 4.35. The largest absolute Gasteiger partial charge is 0.325 e. The van der Waals surface area contributed by atoms with E-state index in [1.165, 1.54) is 22.5 Å². The normalized spacial score (nSPS) is 10.8. The van der Waals surface area contributed by atoms with Gasteiger partial charge in [-0.2, -0.15) is 0 Å². The van der Waals surface area contributed by atoms with E-state index in [1.807, 2.05) is 49.4 Å². The van der Waals surface area contributed by atoms with E-state index < -0.39 is 0 Å². The number of nitrogens with one attached hydrogen (secondary N) is 1. The first-order chi connectivity index (χ1) is 13.7. The number of rotatable bonds is 5. The van der Waals surface area contributed by atoms with E-state index in [2.05, 4.69) is 45.6 Å². The maximum atomic E-state index is 12.2. The predicted molar refractivity (Wildman–Crippen MR) is 116 cm³/mol. The molecule has 0 aliphatic heterocycles. The summed E-state index contributed by atoms with van der Waals surface area (Å²) in [5.74, 6) is 0.184. The maximum absolute atomic E-state index is 12.2. The monoisotopic (exact) mass is 385 g/mol. The van der Waals surface area contributed by atoms with Crippen molar-refractivity contribution in [2.45, 2.75) is 12.1 Å². The highest BCUT2D eigenvalue weighted by molar-refractivity contribution is 7.99. The van der Waals surface area contributed by atoms with Crippen LogP contribution in [-0.2, 0) is 4.79 Å². The molecule has 0 bridgehead atoms. The lowest BCUT2D eigenvalue weighted by Gasteiger charge is -2.07. The zero-order valence-corrected chi connectivity index (χ0v) is 16.2. The average Bonchev–Trinajstić information content (AvgIpc) is 2.74. The Labute approximate surface area is 168 Å². The molecule has 0 atom stereocenters. The van der Waals surface area contributed by atoms with E-state index in [-0.39, 0.29) is 11.7 Å². The molecule has 0 fully saturated rings. The van der Waals surface area contributed by atoms with Crippen LogP contribution in [0.5, 0.6) is 0 Å². The minimum atomic E-state index is -0.0754. The quantitative estimate of drug-likeness (QED) is 0.372. The summed E-state index contributed by atoms with van der Waals surface area (Å²) < 4.78 is 0. The van der Waals surface area contributed by atoms with Crippen molar-refractivity contribution in [3.63, 3.8) is 0 Å². The Morgan fingerprint density at radius 3 is 2.57 bits per heavy atom. The highest BCUT2D eigenvalue weighted by Gasteiger charge is 2.08. The molecule has 1 N–H and O–H groups in total. The standard InChI is InChI=1S/C23H19N3OS/c1-16-6-10-20(11-7-16)25-22(27)15-28-23-24-13-12-21(26-23)19-9-8-17-4-2-3-5-18(17)14-19/h2-14H,15H2,1H3,(H,25,27). The van der Waals surface area contributed by atoms with E-state index in [0.717, 1.165) is 22.5 Å². The van der Waals surface area contributed by atoms with Gasteiger partial charge in [-0.25, -0.2) is 9.97 Å². The molecule has 0 aliphatic carbocycles. The first-order valence-corrected chi connectivity index (χ1v) is 9.97. The van der Waals surface area contributed by atoms with Crippen molar-refractivity contribution in [3.05, 3.63) is 84.6 Å². The second-order valence-electron chi connectivity index (χ2n) is 6.49. The van der Waals surface area contributed by atoms with Crippen LogP contribution in [0.1, 0.15) is 5.56 Å². The summed E-state index contributed by atoms with van der Waals surface area (Å²) in [7, 11) is 0. The number of amides is 1. The minimum Gasteiger partial charge on any atom is -0.325 e. The molecule has 3 aromatic carbocycles. The molecular weight excluding hydrogens is 366 g/mol. The van der Waals surface area contributed by atoms with Crippen LogP contribution in [0.4, 0.5) is 5.69 Å². The number of thioether (sulfide) groups is 1. The molecule has 1 amide bonds. The molecular formula is C23H19N3OS. The Morgan fingerprint density at radius 2 is 1.75 bits per heavy atom. The number of fused-ring (bicyclic) bond motifs is 1. The fraction of sp³-hybridized carbons (Fsp3) is 0.0870. The van der Waals surface area contributed by atoms with Crippen molar-refractivity contribution in [1.29, 1.82) is 0 Å². The molecule has 0 saturated heterocycles. The lowest BCUT2D eigenvalue weighted by Crippen LogP contribution is -2.14. The van der Waals surface area contributed by atoms with Gasteiger partial charge in [-0.1, -0.05) is 65.9 Å². The summed E-state index contributed by atoms with van der Waals surface area (Å²) in [5, 5.41) is 5.85. The van der Waals surface area contributed by atoms with Crippen molar-refractivity contribution < 1.29 is 4.79 Å². The van der Waals surface area contributed by atoms with Crippen LogP contribution < -0.4 is 5.32 Å². The molecule has 138 valence electrons. The van der Waals surface area contributed by atoms with Gasteiger partial charge in [-0.15, -0.1) is 0 Å². The lowest BCUT2D eigenvalue weighted by atomic mass is 10.1. The second-order valence-corrected chi connectivity index (χ2v) is 7.43. The highest BCUT2D eigenvalue weighted by Crippen LogP contribution is 2.24. The number of aryl methyl sites for hydroxylation is 1. The van der Waals surface area contributed by atoms with Crippen LogP contribution in [0.3, 0.4) is 0 Å².